The summed E-state index contributed by atoms with van der Waals surface area (Å²) in [6.07, 6.45) is 0. The molecule has 0 aliphatic carbocycles. The smallest absolute Gasteiger partial charge is 0.120 e. The van der Waals surface area contributed by atoms with Gasteiger partial charge in [0.2, 0.25) is 0 Å². The Kier molecular flexibility index (Phi) is 3.18. The molecular formula is C17H14OS. The van der Waals surface area contributed by atoms with E-state index in [1.54, 1.807) is 7.11 Å². The van der Waals surface area contributed by atoms with E-state index in [-0.39, 0.29) is 0 Å². The lowest BCUT2D eigenvalue weighted by Gasteiger charge is -2.10. The van der Waals surface area contributed by atoms with E-state index >= 15 is 0 Å². The maximum atomic E-state index is 5.22. The second-order valence-electron chi connectivity index (χ2n) is 4.41. The van der Waals surface area contributed by atoms with Crippen molar-refractivity contribution < 1.29 is 4.74 Å². The Balaban J connectivity index is 2.24. The first-order chi connectivity index (χ1) is 9.29. The SMILES string of the molecule is COc1ccc(-c2cccc3ccccc23)c(S)c1. The van der Waals surface area contributed by atoms with Gasteiger partial charge in [0.05, 0.1) is 7.11 Å². The van der Waals surface area contributed by atoms with Gasteiger partial charge >= 0.3 is 0 Å². The third-order valence-electron chi connectivity index (χ3n) is 3.28. The van der Waals surface area contributed by atoms with Crippen molar-refractivity contribution in [1.29, 1.82) is 0 Å². The van der Waals surface area contributed by atoms with E-state index in [2.05, 4.69) is 61.2 Å². The number of hydrogen-bond acceptors (Lipinski definition) is 2. The fraction of sp³-hybridized carbons (Fsp3) is 0.0588. The second-order valence-corrected chi connectivity index (χ2v) is 4.89. The van der Waals surface area contributed by atoms with E-state index in [0.717, 1.165) is 16.2 Å². The minimum atomic E-state index is 0.828. The van der Waals surface area contributed by atoms with Gasteiger partial charge in [-0.2, -0.15) is 0 Å². The molecule has 0 N–H and O–H groups in total. The Morgan fingerprint density at radius 3 is 2.42 bits per heavy atom. The minimum Gasteiger partial charge on any atom is -0.497 e. The van der Waals surface area contributed by atoms with Gasteiger partial charge in [-0.05, 0) is 40.1 Å². The summed E-state index contributed by atoms with van der Waals surface area (Å²) in [4.78, 5) is 0.927. The van der Waals surface area contributed by atoms with Crippen LogP contribution in [-0.2, 0) is 0 Å². The number of hydrogen-bond donors (Lipinski definition) is 1. The van der Waals surface area contributed by atoms with Crippen LogP contribution in [0.5, 0.6) is 5.75 Å². The third-order valence-corrected chi connectivity index (χ3v) is 3.65. The van der Waals surface area contributed by atoms with Crippen LogP contribution in [-0.4, -0.2) is 7.11 Å². The van der Waals surface area contributed by atoms with Crippen LogP contribution in [0, 0.1) is 0 Å². The van der Waals surface area contributed by atoms with Crippen LogP contribution in [0.2, 0.25) is 0 Å². The van der Waals surface area contributed by atoms with Crippen molar-refractivity contribution in [1.82, 2.24) is 0 Å². The van der Waals surface area contributed by atoms with Gasteiger partial charge in [-0.15, -0.1) is 12.6 Å². The lowest BCUT2D eigenvalue weighted by atomic mass is 9.98. The van der Waals surface area contributed by atoms with Crippen molar-refractivity contribution in [2.45, 2.75) is 4.90 Å². The Morgan fingerprint density at radius 1 is 0.842 bits per heavy atom. The van der Waals surface area contributed by atoms with Gasteiger partial charge in [-0.25, -0.2) is 0 Å². The van der Waals surface area contributed by atoms with Crippen LogP contribution >= 0.6 is 12.6 Å². The summed E-state index contributed by atoms with van der Waals surface area (Å²) < 4.78 is 5.22. The zero-order chi connectivity index (χ0) is 13.2. The molecule has 0 bridgehead atoms. The molecule has 0 saturated carbocycles. The van der Waals surface area contributed by atoms with Gasteiger partial charge in [-0.3, -0.25) is 0 Å². The van der Waals surface area contributed by atoms with E-state index < -0.39 is 0 Å². The van der Waals surface area contributed by atoms with Crippen LogP contribution in [0.25, 0.3) is 21.9 Å². The lowest BCUT2D eigenvalue weighted by Crippen LogP contribution is -1.86. The van der Waals surface area contributed by atoms with Crippen molar-refractivity contribution in [2.75, 3.05) is 7.11 Å². The normalized spacial score (nSPS) is 10.6. The molecule has 0 heterocycles. The van der Waals surface area contributed by atoms with Gasteiger partial charge in [0.1, 0.15) is 5.75 Å². The fourth-order valence-corrected chi connectivity index (χ4v) is 2.65. The largest absolute Gasteiger partial charge is 0.497 e. The highest BCUT2D eigenvalue weighted by atomic mass is 32.1. The number of ether oxygens (including phenoxy) is 1. The first-order valence-electron chi connectivity index (χ1n) is 6.15. The molecule has 0 spiro atoms. The first kappa shape index (κ1) is 12.1. The molecule has 0 amide bonds. The van der Waals surface area contributed by atoms with E-state index in [4.69, 9.17) is 4.74 Å². The van der Waals surface area contributed by atoms with Gasteiger partial charge in [0, 0.05) is 4.90 Å². The molecule has 3 aromatic rings. The predicted octanol–water partition coefficient (Wildman–Crippen LogP) is 4.80. The van der Waals surface area contributed by atoms with Gasteiger partial charge in [0.25, 0.3) is 0 Å². The lowest BCUT2D eigenvalue weighted by molar-refractivity contribution is 0.414. The van der Waals surface area contributed by atoms with E-state index in [1.165, 1.54) is 16.3 Å². The molecular weight excluding hydrogens is 252 g/mol. The number of fused-ring (bicyclic) bond motifs is 1. The van der Waals surface area contributed by atoms with E-state index in [9.17, 15) is 0 Å². The number of rotatable bonds is 2. The highest BCUT2D eigenvalue weighted by Gasteiger charge is 2.07. The van der Waals surface area contributed by atoms with Crippen LogP contribution in [0.1, 0.15) is 0 Å². The Morgan fingerprint density at radius 2 is 1.63 bits per heavy atom. The van der Waals surface area contributed by atoms with Crippen LogP contribution in [0.3, 0.4) is 0 Å². The summed E-state index contributed by atoms with van der Waals surface area (Å²) in [5, 5.41) is 2.48. The predicted molar refractivity (Wildman–Crippen MR) is 83.2 cm³/mol. The average molecular weight is 266 g/mol. The molecule has 0 aromatic heterocycles. The molecule has 0 saturated heterocycles. The van der Waals surface area contributed by atoms with Crippen LogP contribution in [0.4, 0.5) is 0 Å². The molecule has 3 rings (SSSR count). The quantitative estimate of drug-likeness (QED) is 0.655. The third kappa shape index (κ3) is 2.20. The number of benzene rings is 3. The van der Waals surface area contributed by atoms with Gasteiger partial charge in [-0.1, -0.05) is 42.5 Å². The summed E-state index contributed by atoms with van der Waals surface area (Å²) in [5.74, 6) is 0.828. The second kappa shape index (κ2) is 4.98. The summed E-state index contributed by atoms with van der Waals surface area (Å²) in [7, 11) is 1.67. The maximum Gasteiger partial charge on any atom is 0.120 e. The summed E-state index contributed by atoms with van der Waals surface area (Å²) in [6, 6.07) is 20.7. The molecule has 0 radical (unpaired) electrons. The zero-order valence-electron chi connectivity index (χ0n) is 10.6. The van der Waals surface area contributed by atoms with Crippen molar-refractivity contribution in [3.8, 4) is 16.9 Å². The Labute approximate surface area is 118 Å². The molecule has 0 fully saturated rings. The first-order valence-corrected chi connectivity index (χ1v) is 6.59. The minimum absolute atomic E-state index is 0.828. The van der Waals surface area contributed by atoms with Crippen molar-refractivity contribution in [3.05, 3.63) is 60.7 Å². The number of thiol groups is 1. The molecule has 0 aliphatic heterocycles. The monoisotopic (exact) mass is 266 g/mol. The molecule has 3 aromatic carbocycles. The van der Waals surface area contributed by atoms with Crippen molar-refractivity contribution in [2.24, 2.45) is 0 Å². The summed E-state index contributed by atoms with van der Waals surface area (Å²) in [6.45, 7) is 0. The van der Waals surface area contributed by atoms with Gasteiger partial charge < -0.3 is 4.74 Å². The highest BCUT2D eigenvalue weighted by molar-refractivity contribution is 7.80. The van der Waals surface area contributed by atoms with Crippen LogP contribution < -0.4 is 4.74 Å². The standard InChI is InChI=1S/C17H14OS/c1-18-13-9-10-16(17(19)11-13)15-8-4-6-12-5-2-3-7-14(12)15/h2-11,19H,1H3. The molecule has 1 nitrogen and oxygen atoms in total. The van der Waals surface area contributed by atoms with E-state index in [1.807, 2.05) is 12.1 Å². The van der Waals surface area contributed by atoms with E-state index in [0.29, 0.717) is 0 Å². The topological polar surface area (TPSA) is 9.23 Å². The Bertz CT molecular complexity index is 729. The molecule has 94 valence electrons. The van der Waals surface area contributed by atoms with Crippen molar-refractivity contribution >= 4 is 23.4 Å². The molecule has 0 atom stereocenters. The maximum absolute atomic E-state index is 5.22. The molecule has 0 unspecified atom stereocenters. The van der Waals surface area contributed by atoms with Crippen molar-refractivity contribution in [3.63, 3.8) is 0 Å². The molecule has 19 heavy (non-hydrogen) atoms. The molecule has 0 aliphatic rings. The fourth-order valence-electron chi connectivity index (χ4n) is 2.33. The summed E-state index contributed by atoms with van der Waals surface area (Å²) in [5.41, 5.74) is 2.33. The highest BCUT2D eigenvalue weighted by Crippen LogP contribution is 2.34. The van der Waals surface area contributed by atoms with Gasteiger partial charge in [0.15, 0.2) is 0 Å². The Hall–Kier alpha value is -1.93. The summed E-state index contributed by atoms with van der Waals surface area (Å²) >= 11 is 4.58. The molecule has 2 heteroatoms. The number of methoxy groups -OCH3 is 1. The van der Waals surface area contributed by atoms with Crippen LogP contribution in [0.15, 0.2) is 65.6 Å². The average Bonchev–Trinajstić information content (AvgIpc) is 2.46. The zero-order valence-corrected chi connectivity index (χ0v) is 11.5.